The fourth-order valence-electron chi connectivity index (χ4n) is 4.84. The molecule has 2 aromatic heterocycles. The van der Waals surface area contributed by atoms with Crippen LogP contribution in [0.2, 0.25) is 0 Å². The van der Waals surface area contributed by atoms with Gasteiger partial charge in [-0.2, -0.15) is 0 Å². The molecule has 4 heteroatoms. The third kappa shape index (κ3) is 5.54. The number of ether oxygens (including phenoxy) is 2. The molecule has 2 aromatic carbocycles. The summed E-state index contributed by atoms with van der Waals surface area (Å²) in [5, 5.41) is 9.39. The van der Waals surface area contributed by atoms with E-state index in [2.05, 4.69) is 62.7 Å². The summed E-state index contributed by atoms with van der Waals surface area (Å²) in [5.74, 6) is 3.25. The molecular weight excluding hydrogens is 456 g/mol. The second-order valence-electron chi connectivity index (χ2n) is 9.63. The van der Waals surface area contributed by atoms with Gasteiger partial charge in [-0.25, -0.2) is 0 Å². The molecule has 2 nitrogen and oxygen atoms in total. The highest BCUT2D eigenvalue weighted by atomic mass is 32.1. The molecular formula is C30H40O2S2. The van der Waals surface area contributed by atoms with Crippen molar-refractivity contribution in [3.63, 3.8) is 0 Å². The highest BCUT2D eigenvalue weighted by Gasteiger charge is 2.20. The van der Waals surface area contributed by atoms with Gasteiger partial charge in [0.2, 0.25) is 0 Å². The number of thiophene rings is 2. The maximum absolute atomic E-state index is 6.63. The minimum Gasteiger partial charge on any atom is -0.493 e. The smallest absolute Gasteiger partial charge is 0.129 e. The summed E-state index contributed by atoms with van der Waals surface area (Å²) in [4.78, 5) is 0. The number of benzene rings is 2. The molecule has 0 saturated carbocycles. The van der Waals surface area contributed by atoms with Crippen LogP contribution in [0.3, 0.4) is 0 Å². The standard InChI is InChI=1S/C30H40O2S2/c1-5-9-11-21(7-3)19-31-25-17-23-13-15-34-30(23)28-26(32-20-22(8-4)12-10-6-2)18-24-14-16-33-29(24)27(25)28/h13-18,21-22H,5-12,19-20H2,1-4H3. The lowest BCUT2D eigenvalue weighted by molar-refractivity contribution is 0.234. The highest BCUT2D eigenvalue weighted by Crippen LogP contribution is 2.47. The van der Waals surface area contributed by atoms with Gasteiger partial charge in [0.25, 0.3) is 0 Å². The van der Waals surface area contributed by atoms with Gasteiger partial charge in [-0.05, 0) is 70.5 Å². The summed E-state index contributed by atoms with van der Waals surface area (Å²) in [7, 11) is 0. The zero-order valence-corrected chi connectivity index (χ0v) is 23.0. The van der Waals surface area contributed by atoms with Crippen molar-refractivity contribution in [2.24, 2.45) is 11.8 Å². The number of unbranched alkanes of at least 4 members (excludes halogenated alkanes) is 2. The molecule has 0 spiro atoms. The molecule has 0 bridgehead atoms. The van der Waals surface area contributed by atoms with E-state index in [1.807, 2.05) is 22.7 Å². The van der Waals surface area contributed by atoms with E-state index in [4.69, 9.17) is 9.47 Å². The van der Waals surface area contributed by atoms with Crippen LogP contribution in [0.4, 0.5) is 0 Å². The number of hydrogen-bond acceptors (Lipinski definition) is 4. The first-order valence-electron chi connectivity index (χ1n) is 13.3. The van der Waals surface area contributed by atoms with Gasteiger partial charge in [0, 0.05) is 20.2 Å². The molecule has 4 aromatic rings. The molecule has 184 valence electrons. The van der Waals surface area contributed by atoms with E-state index in [-0.39, 0.29) is 0 Å². The lowest BCUT2D eigenvalue weighted by Gasteiger charge is -2.20. The van der Waals surface area contributed by atoms with Gasteiger partial charge in [0.15, 0.2) is 0 Å². The minimum atomic E-state index is 0.607. The Morgan fingerprint density at radius 3 is 1.50 bits per heavy atom. The minimum absolute atomic E-state index is 0.607. The van der Waals surface area contributed by atoms with Crippen LogP contribution in [0.1, 0.15) is 79.1 Å². The Kier molecular flexibility index (Phi) is 9.13. The van der Waals surface area contributed by atoms with E-state index in [0.29, 0.717) is 11.8 Å². The molecule has 0 amide bonds. The number of rotatable bonds is 14. The Labute approximate surface area is 213 Å². The summed E-state index contributed by atoms with van der Waals surface area (Å²) in [5.41, 5.74) is 0. The van der Waals surface area contributed by atoms with E-state index in [0.717, 1.165) is 37.6 Å². The SMILES string of the molecule is CCCCC(CC)COc1cc2ccsc2c2c(OCC(CC)CCCC)cc3ccsc3c12. The van der Waals surface area contributed by atoms with Crippen molar-refractivity contribution in [1.82, 2.24) is 0 Å². The lowest BCUT2D eigenvalue weighted by atomic mass is 10.00. The zero-order chi connectivity index (χ0) is 23.9. The summed E-state index contributed by atoms with van der Waals surface area (Å²) >= 11 is 3.63. The quantitative estimate of drug-likeness (QED) is 0.173. The van der Waals surface area contributed by atoms with Crippen LogP contribution in [0.15, 0.2) is 35.0 Å². The number of hydrogen-bond donors (Lipinski definition) is 0. The van der Waals surface area contributed by atoms with Gasteiger partial charge < -0.3 is 9.47 Å². The second kappa shape index (κ2) is 12.3. The van der Waals surface area contributed by atoms with Crippen LogP contribution in [-0.2, 0) is 0 Å². The van der Waals surface area contributed by atoms with Crippen LogP contribution in [0.5, 0.6) is 11.5 Å². The normalized spacial score (nSPS) is 13.6. The molecule has 4 rings (SSSR count). The Balaban J connectivity index is 1.76. The first-order valence-corrected chi connectivity index (χ1v) is 15.1. The molecule has 0 aliphatic rings. The molecule has 0 fully saturated rings. The monoisotopic (exact) mass is 496 g/mol. The zero-order valence-electron chi connectivity index (χ0n) is 21.3. The first kappa shape index (κ1) is 25.3. The van der Waals surface area contributed by atoms with Gasteiger partial charge >= 0.3 is 0 Å². The molecule has 0 radical (unpaired) electrons. The average Bonchev–Trinajstić information content (AvgIpc) is 3.52. The van der Waals surface area contributed by atoms with Crippen molar-refractivity contribution >= 4 is 53.6 Å². The molecule has 0 N–H and O–H groups in total. The predicted octanol–water partition coefficient (Wildman–Crippen LogP) is 10.5. The molecule has 2 heterocycles. The van der Waals surface area contributed by atoms with E-state index in [9.17, 15) is 0 Å². The van der Waals surface area contributed by atoms with Crippen LogP contribution < -0.4 is 9.47 Å². The van der Waals surface area contributed by atoms with Gasteiger partial charge in [-0.1, -0.05) is 66.2 Å². The van der Waals surface area contributed by atoms with Gasteiger partial charge in [0.05, 0.1) is 13.2 Å². The summed E-state index contributed by atoms with van der Waals surface area (Å²) in [6, 6.07) is 8.97. The third-order valence-electron chi connectivity index (χ3n) is 7.20. The van der Waals surface area contributed by atoms with Gasteiger partial charge in [-0.3, -0.25) is 0 Å². The Hall–Kier alpha value is -1.78. The topological polar surface area (TPSA) is 18.5 Å². The fourth-order valence-corrected chi connectivity index (χ4v) is 6.70. The maximum Gasteiger partial charge on any atom is 0.129 e. The van der Waals surface area contributed by atoms with E-state index >= 15 is 0 Å². The van der Waals surface area contributed by atoms with Crippen LogP contribution in [0.25, 0.3) is 30.9 Å². The average molecular weight is 497 g/mol. The Morgan fingerprint density at radius 1 is 0.676 bits per heavy atom. The Bertz CT molecular complexity index is 1100. The molecule has 0 aliphatic carbocycles. The van der Waals surface area contributed by atoms with Crippen LogP contribution >= 0.6 is 22.7 Å². The van der Waals surface area contributed by atoms with Crippen molar-refractivity contribution < 1.29 is 9.47 Å². The molecule has 0 saturated heterocycles. The van der Waals surface area contributed by atoms with Crippen molar-refractivity contribution in [3.8, 4) is 11.5 Å². The van der Waals surface area contributed by atoms with Crippen LogP contribution in [-0.4, -0.2) is 13.2 Å². The van der Waals surface area contributed by atoms with Crippen molar-refractivity contribution in [3.05, 3.63) is 35.0 Å². The van der Waals surface area contributed by atoms with Crippen molar-refractivity contribution in [2.45, 2.75) is 79.1 Å². The van der Waals surface area contributed by atoms with E-state index in [1.54, 1.807) is 0 Å². The summed E-state index contributed by atoms with van der Waals surface area (Å²) < 4.78 is 15.9. The van der Waals surface area contributed by atoms with Crippen LogP contribution in [0, 0.1) is 11.8 Å². The molecule has 2 atom stereocenters. The maximum atomic E-state index is 6.63. The fraction of sp³-hybridized carbons (Fsp3) is 0.533. The summed E-state index contributed by atoms with van der Waals surface area (Å²) in [6.45, 7) is 10.7. The molecule has 0 aliphatic heterocycles. The Morgan fingerprint density at radius 2 is 1.12 bits per heavy atom. The van der Waals surface area contributed by atoms with E-state index < -0.39 is 0 Å². The lowest BCUT2D eigenvalue weighted by Crippen LogP contribution is -2.12. The number of fused-ring (bicyclic) bond motifs is 5. The molecule has 2 unspecified atom stereocenters. The van der Waals surface area contributed by atoms with Crippen molar-refractivity contribution in [1.29, 1.82) is 0 Å². The summed E-state index contributed by atoms with van der Waals surface area (Å²) in [6.07, 6.45) is 9.85. The predicted molar refractivity (Wildman–Crippen MR) is 152 cm³/mol. The first-order chi connectivity index (χ1) is 16.7. The third-order valence-corrected chi connectivity index (χ3v) is 9.09. The molecule has 34 heavy (non-hydrogen) atoms. The van der Waals surface area contributed by atoms with E-state index in [1.165, 1.54) is 69.5 Å². The largest absolute Gasteiger partial charge is 0.493 e. The highest BCUT2D eigenvalue weighted by molar-refractivity contribution is 7.19. The van der Waals surface area contributed by atoms with Crippen molar-refractivity contribution in [2.75, 3.05) is 13.2 Å². The second-order valence-corrected chi connectivity index (χ2v) is 11.5. The van der Waals surface area contributed by atoms with Gasteiger partial charge in [-0.15, -0.1) is 22.7 Å². The van der Waals surface area contributed by atoms with Gasteiger partial charge in [0.1, 0.15) is 11.5 Å².